The first-order valence-corrected chi connectivity index (χ1v) is 8.68. The summed E-state index contributed by atoms with van der Waals surface area (Å²) in [5.41, 5.74) is 3.01. The summed E-state index contributed by atoms with van der Waals surface area (Å²) >= 11 is 12.5. The van der Waals surface area contributed by atoms with Gasteiger partial charge >= 0.3 is 0 Å². The predicted molar refractivity (Wildman–Crippen MR) is 98.9 cm³/mol. The van der Waals surface area contributed by atoms with Crippen molar-refractivity contribution in [3.63, 3.8) is 0 Å². The summed E-state index contributed by atoms with van der Waals surface area (Å²) in [6, 6.07) is 11.7. The average Bonchev–Trinajstić information content (AvgIpc) is 2.97. The zero-order valence-electron chi connectivity index (χ0n) is 13.4. The van der Waals surface area contributed by atoms with Gasteiger partial charge in [-0.3, -0.25) is 0 Å². The van der Waals surface area contributed by atoms with Gasteiger partial charge in [-0.15, -0.1) is 0 Å². The molecule has 0 radical (unpaired) electrons. The minimum Gasteiger partial charge on any atom is -0.490 e. The van der Waals surface area contributed by atoms with Crippen molar-refractivity contribution in [1.82, 2.24) is 15.3 Å². The number of aromatic nitrogens is 2. The van der Waals surface area contributed by atoms with Gasteiger partial charge in [-0.2, -0.15) is 0 Å². The third-order valence-corrected chi connectivity index (χ3v) is 4.13. The van der Waals surface area contributed by atoms with E-state index in [0.29, 0.717) is 35.5 Å². The molecule has 0 aliphatic heterocycles. The number of fused-ring (bicyclic) bond motifs is 1. The number of ether oxygens (including phenoxy) is 1. The largest absolute Gasteiger partial charge is 0.490 e. The SMILES string of the molecule is CCCOc1c(Cl)cc(CNCc2nc3ccccc3[nH]2)cc1Cl. The molecule has 6 heteroatoms. The number of nitrogens with one attached hydrogen (secondary N) is 2. The Hall–Kier alpha value is -1.75. The summed E-state index contributed by atoms with van der Waals surface area (Å²) in [5, 5.41) is 4.42. The molecule has 3 rings (SSSR count). The number of H-pyrrole nitrogens is 1. The first-order chi connectivity index (χ1) is 11.7. The molecular formula is C18H19Cl2N3O. The van der Waals surface area contributed by atoms with Crippen molar-refractivity contribution in [3.05, 3.63) is 57.8 Å². The number of imidazole rings is 1. The number of para-hydroxylation sites is 2. The van der Waals surface area contributed by atoms with Crippen molar-refractivity contribution in [2.75, 3.05) is 6.61 Å². The van der Waals surface area contributed by atoms with Gasteiger partial charge in [0.15, 0.2) is 5.75 Å². The molecule has 0 unspecified atom stereocenters. The minimum atomic E-state index is 0.538. The summed E-state index contributed by atoms with van der Waals surface area (Å²) < 4.78 is 5.58. The normalized spacial score (nSPS) is 11.1. The highest BCUT2D eigenvalue weighted by molar-refractivity contribution is 6.37. The number of benzene rings is 2. The number of hydrogen-bond acceptors (Lipinski definition) is 3. The van der Waals surface area contributed by atoms with Gasteiger partial charge in [0.25, 0.3) is 0 Å². The molecule has 0 aliphatic rings. The van der Waals surface area contributed by atoms with Gasteiger partial charge in [-0.25, -0.2) is 4.98 Å². The van der Waals surface area contributed by atoms with Crippen LogP contribution in [0.5, 0.6) is 5.75 Å². The fraction of sp³-hybridized carbons (Fsp3) is 0.278. The van der Waals surface area contributed by atoms with Crippen LogP contribution in [-0.4, -0.2) is 16.6 Å². The van der Waals surface area contributed by atoms with Crippen LogP contribution >= 0.6 is 23.2 Å². The Kier molecular flexibility index (Phi) is 5.61. The lowest BCUT2D eigenvalue weighted by Crippen LogP contribution is -2.13. The quantitative estimate of drug-likeness (QED) is 0.624. The maximum absolute atomic E-state index is 6.26. The van der Waals surface area contributed by atoms with Gasteiger partial charge in [0, 0.05) is 6.54 Å². The van der Waals surface area contributed by atoms with Crippen molar-refractivity contribution in [3.8, 4) is 5.75 Å². The lowest BCUT2D eigenvalue weighted by atomic mass is 10.2. The first-order valence-electron chi connectivity index (χ1n) is 7.92. The van der Waals surface area contributed by atoms with E-state index in [2.05, 4.69) is 15.3 Å². The van der Waals surface area contributed by atoms with Gasteiger partial charge in [-0.05, 0) is 36.2 Å². The zero-order valence-corrected chi connectivity index (χ0v) is 14.9. The Balaban J connectivity index is 1.62. The molecular weight excluding hydrogens is 345 g/mol. The Bertz CT molecular complexity index is 776. The van der Waals surface area contributed by atoms with Gasteiger partial charge in [-0.1, -0.05) is 42.3 Å². The van der Waals surface area contributed by atoms with Crippen LogP contribution in [0.15, 0.2) is 36.4 Å². The molecule has 24 heavy (non-hydrogen) atoms. The van der Waals surface area contributed by atoms with E-state index >= 15 is 0 Å². The average molecular weight is 364 g/mol. The second-order valence-corrected chi connectivity index (χ2v) is 6.36. The lowest BCUT2D eigenvalue weighted by molar-refractivity contribution is 0.317. The Morgan fingerprint density at radius 1 is 1.12 bits per heavy atom. The topological polar surface area (TPSA) is 49.9 Å². The molecule has 0 aliphatic carbocycles. The highest BCUT2D eigenvalue weighted by Crippen LogP contribution is 2.34. The van der Waals surface area contributed by atoms with Crippen LogP contribution in [0.2, 0.25) is 10.0 Å². The van der Waals surface area contributed by atoms with Crippen LogP contribution in [-0.2, 0) is 13.1 Å². The standard InChI is InChI=1S/C18H19Cl2N3O/c1-2-7-24-18-13(19)8-12(9-14(18)20)10-21-11-17-22-15-5-3-4-6-16(15)23-17/h3-6,8-9,21H,2,7,10-11H2,1H3,(H,22,23). The van der Waals surface area contributed by atoms with E-state index in [1.807, 2.05) is 43.3 Å². The minimum absolute atomic E-state index is 0.538. The molecule has 0 fully saturated rings. The molecule has 1 aromatic heterocycles. The van der Waals surface area contributed by atoms with Gasteiger partial charge < -0.3 is 15.0 Å². The first kappa shape index (κ1) is 17.1. The third kappa shape index (κ3) is 4.01. The number of aromatic amines is 1. The fourth-order valence-electron chi connectivity index (χ4n) is 2.47. The van der Waals surface area contributed by atoms with Gasteiger partial charge in [0.1, 0.15) is 5.82 Å². The van der Waals surface area contributed by atoms with E-state index < -0.39 is 0 Å². The number of rotatable bonds is 7. The number of hydrogen-bond donors (Lipinski definition) is 2. The van der Waals surface area contributed by atoms with Crippen LogP contribution in [0.3, 0.4) is 0 Å². The monoisotopic (exact) mass is 363 g/mol. The highest BCUT2D eigenvalue weighted by Gasteiger charge is 2.10. The summed E-state index contributed by atoms with van der Waals surface area (Å²) in [6.45, 7) is 3.92. The molecule has 126 valence electrons. The highest BCUT2D eigenvalue weighted by atomic mass is 35.5. The van der Waals surface area contributed by atoms with Crippen LogP contribution < -0.4 is 10.1 Å². The van der Waals surface area contributed by atoms with E-state index in [-0.39, 0.29) is 0 Å². The molecule has 0 bridgehead atoms. The van der Waals surface area contributed by atoms with E-state index in [0.717, 1.165) is 28.8 Å². The number of halogens is 2. The molecule has 2 aromatic carbocycles. The van der Waals surface area contributed by atoms with Crippen LogP contribution in [0.4, 0.5) is 0 Å². The summed E-state index contributed by atoms with van der Waals surface area (Å²) in [5.74, 6) is 1.46. The van der Waals surface area contributed by atoms with Gasteiger partial charge in [0.2, 0.25) is 0 Å². The molecule has 2 N–H and O–H groups in total. The van der Waals surface area contributed by atoms with Crippen LogP contribution in [0.1, 0.15) is 24.7 Å². The smallest absolute Gasteiger partial charge is 0.156 e. The molecule has 4 nitrogen and oxygen atoms in total. The van der Waals surface area contributed by atoms with Crippen molar-refractivity contribution in [2.45, 2.75) is 26.4 Å². The summed E-state index contributed by atoms with van der Waals surface area (Å²) in [4.78, 5) is 7.83. The Labute approximate surface area is 151 Å². The summed E-state index contributed by atoms with van der Waals surface area (Å²) in [6.07, 6.45) is 0.910. The molecule has 1 heterocycles. The zero-order chi connectivity index (χ0) is 16.9. The Morgan fingerprint density at radius 2 is 1.88 bits per heavy atom. The Morgan fingerprint density at radius 3 is 2.58 bits per heavy atom. The predicted octanol–water partition coefficient (Wildman–Crippen LogP) is 4.95. The third-order valence-electron chi connectivity index (χ3n) is 3.57. The van der Waals surface area contributed by atoms with Crippen molar-refractivity contribution >= 4 is 34.2 Å². The van der Waals surface area contributed by atoms with E-state index in [4.69, 9.17) is 27.9 Å². The van der Waals surface area contributed by atoms with Crippen molar-refractivity contribution < 1.29 is 4.74 Å². The fourth-order valence-corrected chi connectivity index (χ4v) is 3.11. The lowest BCUT2D eigenvalue weighted by Gasteiger charge is -2.11. The van der Waals surface area contributed by atoms with Crippen LogP contribution in [0, 0.1) is 0 Å². The van der Waals surface area contributed by atoms with Crippen molar-refractivity contribution in [1.29, 1.82) is 0 Å². The molecule has 0 saturated carbocycles. The van der Waals surface area contributed by atoms with E-state index in [1.54, 1.807) is 0 Å². The van der Waals surface area contributed by atoms with E-state index in [1.165, 1.54) is 0 Å². The molecule has 0 saturated heterocycles. The molecule has 0 amide bonds. The second kappa shape index (κ2) is 7.88. The second-order valence-electron chi connectivity index (χ2n) is 5.54. The molecule has 0 atom stereocenters. The maximum atomic E-state index is 6.26. The van der Waals surface area contributed by atoms with Crippen LogP contribution in [0.25, 0.3) is 11.0 Å². The molecule has 0 spiro atoms. The van der Waals surface area contributed by atoms with E-state index in [9.17, 15) is 0 Å². The molecule has 3 aromatic rings. The number of nitrogens with zero attached hydrogens (tertiary/aromatic N) is 1. The van der Waals surface area contributed by atoms with Crippen molar-refractivity contribution in [2.24, 2.45) is 0 Å². The summed E-state index contributed by atoms with van der Waals surface area (Å²) in [7, 11) is 0. The maximum Gasteiger partial charge on any atom is 0.156 e. The van der Waals surface area contributed by atoms with Gasteiger partial charge in [0.05, 0.1) is 34.2 Å².